The molecule has 2 aromatic heterocycles. The maximum absolute atomic E-state index is 12.2. The first-order valence-electron chi connectivity index (χ1n) is 6.64. The first kappa shape index (κ1) is 14.9. The summed E-state index contributed by atoms with van der Waals surface area (Å²) in [6, 6.07) is 3.36. The zero-order chi connectivity index (χ0) is 14.9. The molecule has 0 saturated heterocycles. The Morgan fingerprint density at radius 3 is 2.95 bits per heavy atom. The Morgan fingerprint density at radius 2 is 2.29 bits per heavy atom. The number of sulfonamides is 1. The largest absolute Gasteiger partial charge is 0.359 e. The molecule has 3 rings (SSSR count). The van der Waals surface area contributed by atoms with E-state index < -0.39 is 10.0 Å². The third-order valence-electron chi connectivity index (χ3n) is 3.25. The molecule has 0 spiro atoms. The molecule has 9 heteroatoms. The van der Waals surface area contributed by atoms with Crippen LogP contribution in [0.5, 0.6) is 0 Å². The van der Waals surface area contributed by atoms with Crippen molar-refractivity contribution in [3.8, 4) is 0 Å². The van der Waals surface area contributed by atoms with Crippen LogP contribution >= 0.6 is 22.9 Å². The second kappa shape index (κ2) is 5.99. The molecule has 2 aromatic rings. The number of nitrogens with one attached hydrogen (secondary N) is 1. The number of hydrogen-bond acceptors (Lipinski definition) is 7. The molecule has 0 amide bonds. The Kier molecular flexibility index (Phi) is 4.25. The lowest BCUT2D eigenvalue weighted by molar-refractivity contribution is 0.482. The lowest BCUT2D eigenvalue weighted by Crippen LogP contribution is -2.31. The van der Waals surface area contributed by atoms with E-state index in [1.165, 1.54) is 40.0 Å². The molecular weight excluding hydrogens is 328 g/mol. The van der Waals surface area contributed by atoms with Gasteiger partial charge < -0.3 is 5.32 Å². The van der Waals surface area contributed by atoms with Crippen LogP contribution in [0.25, 0.3) is 0 Å². The Bertz CT molecular complexity index is 692. The molecular formula is C12H16N4O2S3. The van der Waals surface area contributed by atoms with Crippen LogP contribution in [-0.2, 0) is 10.0 Å². The van der Waals surface area contributed by atoms with Gasteiger partial charge in [0.05, 0.1) is 0 Å². The number of nitrogens with zero attached hydrogens (tertiary/aromatic N) is 3. The molecule has 1 fully saturated rings. The lowest BCUT2D eigenvalue weighted by Gasteiger charge is -2.15. The summed E-state index contributed by atoms with van der Waals surface area (Å²) in [6.45, 7) is 0.902. The third-order valence-corrected chi connectivity index (χ3v) is 7.16. The van der Waals surface area contributed by atoms with Crippen molar-refractivity contribution in [2.75, 3.05) is 25.5 Å². The van der Waals surface area contributed by atoms with E-state index in [0.717, 1.165) is 11.0 Å². The highest BCUT2D eigenvalue weighted by molar-refractivity contribution is 7.91. The summed E-state index contributed by atoms with van der Waals surface area (Å²) in [7, 11) is -1.78. The van der Waals surface area contributed by atoms with E-state index in [2.05, 4.69) is 14.7 Å². The molecule has 6 nitrogen and oxygen atoms in total. The lowest BCUT2D eigenvalue weighted by atomic mass is 10.4. The summed E-state index contributed by atoms with van der Waals surface area (Å²) >= 11 is 2.57. The summed E-state index contributed by atoms with van der Waals surface area (Å²) in [4.78, 5) is 4.41. The summed E-state index contributed by atoms with van der Waals surface area (Å²) in [5.74, 6) is 1.46. The molecule has 0 radical (unpaired) electrons. The van der Waals surface area contributed by atoms with E-state index >= 15 is 0 Å². The maximum atomic E-state index is 12.2. The zero-order valence-electron chi connectivity index (χ0n) is 11.5. The van der Waals surface area contributed by atoms with E-state index in [1.807, 2.05) is 0 Å². The maximum Gasteiger partial charge on any atom is 0.252 e. The van der Waals surface area contributed by atoms with Crippen molar-refractivity contribution < 1.29 is 8.42 Å². The third kappa shape index (κ3) is 3.42. The Balaban J connectivity index is 1.52. The minimum absolute atomic E-state index is 0.372. The Hall–Kier alpha value is -1.03. The smallest absolute Gasteiger partial charge is 0.252 e. The van der Waals surface area contributed by atoms with E-state index in [9.17, 15) is 8.42 Å². The molecule has 0 atom stereocenters. The average Bonchev–Trinajstić information content (AvgIpc) is 2.98. The summed E-state index contributed by atoms with van der Waals surface area (Å²) in [5, 5.41) is 5.66. The molecule has 1 aliphatic carbocycles. The molecule has 0 aliphatic heterocycles. The van der Waals surface area contributed by atoms with Gasteiger partial charge in [-0.2, -0.15) is 8.68 Å². The van der Waals surface area contributed by atoms with Gasteiger partial charge in [0.1, 0.15) is 10.0 Å². The predicted molar refractivity (Wildman–Crippen MR) is 84.5 cm³/mol. The monoisotopic (exact) mass is 344 g/mol. The first-order valence-corrected chi connectivity index (χ1v) is 9.74. The average molecular weight is 344 g/mol. The fourth-order valence-corrected chi connectivity index (χ4v) is 4.86. The van der Waals surface area contributed by atoms with Crippen molar-refractivity contribution in [1.29, 1.82) is 0 Å². The standard InChI is InChI=1S/C12H16N4O2S3/c1-16(21(17,18)10-3-2-8-19-10)7-6-13-12-14-11(15-20-12)9-4-5-9/h2-3,8-9H,4-7H2,1H3,(H,13,14,15). The highest BCUT2D eigenvalue weighted by Gasteiger charge is 2.27. The van der Waals surface area contributed by atoms with E-state index in [4.69, 9.17) is 0 Å². The van der Waals surface area contributed by atoms with Crippen molar-refractivity contribution >= 4 is 38.0 Å². The number of thiophene rings is 1. The number of aromatic nitrogens is 2. The van der Waals surface area contributed by atoms with Crippen molar-refractivity contribution in [1.82, 2.24) is 13.7 Å². The number of hydrogen-bond donors (Lipinski definition) is 1. The van der Waals surface area contributed by atoms with Gasteiger partial charge in [-0.25, -0.2) is 13.4 Å². The number of likely N-dealkylation sites (N-methyl/N-ethyl adjacent to an activating group) is 1. The predicted octanol–water partition coefficient (Wildman–Crippen LogP) is 2.21. The zero-order valence-corrected chi connectivity index (χ0v) is 14.0. The van der Waals surface area contributed by atoms with Crippen molar-refractivity contribution in [2.24, 2.45) is 0 Å². The second-order valence-electron chi connectivity index (χ2n) is 4.92. The van der Waals surface area contributed by atoms with Crippen molar-refractivity contribution in [3.05, 3.63) is 23.3 Å². The number of anilines is 1. The fourth-order valence-electron chi connectivity index (χ4n) is 1.82. The summed E-state index contributed by atoms with van der Waals surface area (Å²) < 4.78 is 30.5. The van der Waals surface area contributed by atoms with Gasteiger partial charge in [-0.1, -0.05) is 6.07 Å². The molecule has 114 valence electrons. The molecule has 2 heterocycles. The van der Waals surface area contributed by atoms with Gasteiger partial charge in [0.15, 0.2) is 0 Å². The molecule has 0 bridgehead atoms. The highest BCUT2D eigenvalue weighted by atomic mass is 32.2. The molecule has 1 aliphatic rings. The number of rotatable bonds is 7. The highest BCUT2D eigenvalue weighted by Crippen LogP contribution is 2.39. The molecule has 0 aromatic carbocycles. The fraction of sp³-hybridized carbons (Fsp3) is 0.500. The van der Waals surface area contributed by atoms with Crippen LogP contribution in [0.15, 0.2) is 21.7 Å². The van der Waals surface area contributed by atoms with E-state index in [1.54, 1.807) is 24.6 Å². The minimum Gasteiger partial charge on any atom is -0.359 e. The van der Waals surface area contributed by atoms with Crippen molar-refractivity contribution in [3.63, 3.8) is 0 Å². The summed E-state index contributed by atoms with van der Waals surface area (Å²) in [5.41, 5.74) is 0. The Labute approximate surface area is 132 Å². The van der Waals surface area contributed by atoms with E-state index in [0.29, 0.717) is 23.2 Å². The SMILES string of the molecule is CN(CCNc1nc(C2CC2)ns1)S(=O)(=O)c1cccs1. The van der Waals surface area contributed by atoms with Gasteiger partial charge >= 0.3 is 0 Å². The van der Waals surface area contributed by atoms with Gasteiger partial charge in [0.2, 0.25) is 5.13 Å². The molecule has 1 N–H and O–H groups in total. The van der Waals surface area contributed by atoms with Gasteiger partial charge in [-0.3, -0.25) is 0 Å². The Morgan fingerprint density at radius 1 is 1.48 bits per heavy atom. The van der Waals surface area contributed by atoms with Crippen LogP contribution < -0.4 is 5.32 Å². The second-order valence-corrected chi connectivity index (χ2v) is 8.89. The molecule has 0 unspecified atom stereocenters. The van der Waals surface area contributed by atoms with Crippen molar-refractivity contribution in [2.45, 2.75) is 23.0 Å². The van der Waals surface area contributed by atoms with E-state index in [-0.39, 0.29) is 0 Å². The van der Waals surface area contributed by atoms with Crippen LogP contribution in [0.4, 0.5) is 5.13 Å². The molecule has 21 heavy (non-hydrogen) atoms. The van der Waals surface area contributed by atoms with Crippen LogP contribution in [0, 0.1) is 0 Å². The van der Waals surface area contributed by atoms with Crippen LogP contribution in [-0.4, -0.2) is 42.2 Å². The normalized spacial score (nSPS) is 15.5. The molecule has 1 saturated carbocycles. The first-order chi connectivity index (χ1) is 10.1. The van der Waals surface area contributed by atoms with Gasteiger partial charge in [-0.15, -0.1) is 11.3 Å². The van der Waals surface area contributed by atoms with Gasteiger partial charge in [0, 0.05) is 37.6 Å². The minimum atomic E-state index is -3.37. The summed E-state index contributed by atoms with van der Waals surface area (Å²) in [6.07, 6.45) is 2.36. The van der Waals surface area contributed by atoms with Crippen LogP contribution in [0.1, 0.15) is 24.6 Å². The van der Waals surface area contributed by atoms with Gasteiger partial charge in [0.25, 0.3) is 10.0 Å². The van der Waals surface area contributed by atoms with Crippen LogP contribution in [0.3, 0.4) is 0 Å². The quantitative estimate of drug-likeness (QED) is 0.833. The van der Waals surface area contributed by atoms with Crippen LogP contribution in [0.2, 0.25) is 0 Å². The topological polar surface area (TPSA) is 75.2 Å². The van der Waals surface area contributed by atoms with Gasteiger partial charge in [-0.05, 0) is 24.3 Å².